The maximum absolute atomic E-state index is 5.64. The molecule has 2 nitrogen and oxygen atoms in total. The van der Waals surface area contributed by atoms with Gasteiger partial charge in [0.15, 0.2) is 6.29 Å². The van der Waals surface area contributed by atoms with Gasteiger partial charge in [0.1, 0.15) is 0 Å². The molecule has 3 atom stereocenters. The quantitative estimate of drug-likeness (QED) is 0.558. The van der Waals surface area contributed by atoms with Crippen molar-refractivity contribution >= 4 is 0 Å². The number of hydrogen-bond donors (Lipinski definition) is 0. The Balaban J connectivity index is 1.88. The molecular formula is C10H16O2. The second-order valence-electron chi connectivity index (χ2n) is 3.69. The molecule has 0 N–H and O–H groups in total. The summed E-state index contributed by atoms with van der Waals surface area (Å²) in [7, 11) is 0. The minimum atomic E-state index is 0.0740. The summed E-state index contributed by atoms with van der Waals surface area (Å²) in [6, 6.07) is 0. The number of allylic oxidation sites excluding steroid dienone is 2. The topological polar surface area (TPSA) is 18.5 Å². The standard InChI is InChI=1S/C10H16O2/c1-8-7-11-10(12-8)9-5-3-2-4-6-9/h2-3,8-10H,4-7H2,1H3/t8-,9+,10-/m1/s1. The largest absolute Gasteiger partial charge is 0.350 e. The van der Waals surface area contributed by atoms with Crippen LogP contribution in [0.2, 0.25) is 0 Å². The summed E-state index contributed by atoms with van der Waals surface area (Å²) in [5.74, 6) is 0.597. The molecule has 12 heavy (non-hydrogen) atoms. The van der Waals surface area contributed by atoms with E-state index in [4.69, 9.17) is 9.47 Å². The van der Waals surface area contributed by atoms with Crippen LogP contribution in [0.4, 0.5) is 0 Å². The predicted octanol–water partition coefficient (Wildman–Crippen LogP) is 2.10. The Kier molecular flexibility index (Phi) is 2.47. The molecule has 1 aliphatic carbocycles. The monoisotopic (exact) mass is 168 g/mol. The average Bonchev–Trinajstić information content (AvgIpc) is 2.54. The summed E-state index contributed by atoms with van der Waals surface area (Å²) in [5, 5.41) is 0. The summed E-state index contributed by atoms with van der Waals surface area (Å²) in [5.41, 5.74) is 0. The molecule has 0 saturated carbocycles. The van der Waals surface area contributed by atoms with Gasteiger partial charge in [-0.1, -0.05) is 12.2 Å². The third-order valence-corrected chi connectivity index (χ3v) is 2.56. The van der Waals surface area contributed by atoms with Crippen molar-refractivity contribution in [3.63, 3.8) is 0 Å². The van der Waals surface area contributed by atoms with Crippen LogP contribution in [0.15, 0.2) is 12.2 Å². The highest BCUT2D eigenvalue weighted by Crippen LogP contribution is 2.28. The van der Waals surface area contributed by atoms with Crippen LogP contribution < -0.4 is 0 Å². The fourth-order valence-electron chi connectivity index (χ4n) is 1.85. The van der Waals surface area contributed by atoms with Crippen molar-refractivity contribution in [1.82, 2.24) is 0 Å². The van der Waals surface area contributed by atoms with Crippen molar-refractivity contribution < 1.29 is 9.47 Å². The zero-order chi connectivity index (χ0) is 8.39. The van der Waals surface area contributed by atoms with Gasteiger partial charge in [0.25, 0.3) is 0 Å². The van der Waals surface area contributed by atoms with Crippen LogP contribution in [0.5, 0.6) is 0 Å². The Morgan fingerprint density at radius 3 is 2.83 bits per heavy atom. The van der Waals surface area contributed by atoms with Gasteiger partial charge in [-0.25, -0.2) is 0 Å². The highest BCUT2D eigenvalue weighted by Gasteiger charge is 2.29. The van der Waals surface area contributed by atoms with Crippen molar-refractivity contribution in [2.75, 3.05) is 6.61 Å². The van der Waals surface area contributed by atoms with E-state index in [0.29, 0.717) is 12.0 Å². The molecule has 1 aliphatic heterocycles. The number of hydrogen-bond acceptors (Lipinski definition) is 2. The summed E-state index contributed by atoms with van der Waals surface area (Å²) in [6.07, 6.45) is 8.37. The molecule has 0 spiro atoms. The molecule has 68 valence electrons. The highest BCUT2D eigenvalue weighted by molar-refractivity contribution is 4.91. The van der Waals surface area contributed by atoms with Crippen molar-refractivity contribution in [2.24, 2.45) is 5.92 Å². The van der Waals surface area contributed by atoms with Crippen molar-refractivity contribution in [3.05, 3.63) is 12.2 Å². The van der Waals surface area contributed by atoms with E-state index in [1.165, 1.54) is 12.8 Å². The number of rotatable bonds is 1. The summed E-state index contributed by atoms with van der Waals surface area (Å²) >= 11 is 0. The normalized spacial score (nSPS) is 41.9. The zero-order valence-corrected chi connectivity index (χ0v) is 7.53. The highest BCUT2D eigenvalue weighted by atomic mass is 16.7. The van der Waals surface area contributed by atoms with Gasteiger partial charge in [0.2, 0.25) is 0 Å². The lowest BCUT2D eigenvalue weighted by Crippen LogP contribution is -2.22. The Morgan fingerprint density at radius 2 is 2.25 bits per heavy atom. The first-order valence-electron chi connectivity index (χ1n) is 4.78. The fraction of sp³-hybridized carbons (Fsp3) is 0.800. The van der Waals surface area contributed by atoms with Crippen molar-refractivity contribution in [1.29, 1.82) is 0 Å². The first kappa shape index (κ1) is 8.27. The van der Waals surface area contributed by atoms with E-state index in [-0.39, 0.29) is 6.29 Å². The van der Waals surface area contributed by atoms with E-state index >= 15 is 0 Å². The van der Waals surface area contributed by atoms with Crippen LogP contribution in [-0.4, -0.2) is 19.0 Å². The predicted molar refractivity (Wildman–Crippen MR) is 46.8 cm³/mol. The Bertz CT molecular complexity index is 177. The molecule has 0 radical (unpaired) electrons. The maximum Gasteiger partial charge on any atom is 0.161 e. The van der Waals surface area contributed by atoms with Gasteiger partial charge in [0.05, 0.1) is 12.7 Å². The third kappa shape index (κ3) is 1.70. The molecule has 0 amide bonds. The van der Waals surface area contributed by atoms with E-state index in [0.717, 1.165) is 13.0 Å². The molecule has 0 aromatic heterocycles. The molecule has 0 unspecified atom stereocenters. The maximum atomic E-state index is 5.64. The molecular weight excluding hydrogens is 152 g/mol. The van der Waals surface area contributed by atoms with Gasteiger partial charge >= 0.3 is 0 Å². The minimum Gasteiger partial charge on any atom is -0.350 e. The minimum absolute atomic E-state index is 0.0740. The second-order valence-corrected chi connectivity index (χ2v) is 3.69. The van der Waals surface area contributed by atoms with E-state index in [9.17, 15) is 0 Å². The summed E-state index contributed by atoms with van der Waals surface area (Å²) in [4.78, 5) is 0. The molecule has 2 heteroatoms. The van der Waals surface area contributed by atoms with Crippen LogP contribution in [0.1, 0.15) is 26.2 Å². The van der Waals surface area contributed by atoms with Crippen LogP contribution in [0.3, 0.4) is 0 Å². The Morgan fingerprint density at radius 1 is 1.33 bits per heavy atom. The number of ether oxygens (including phenoxy) is 2. The third-order valence-electron chi connectivity index (χ3n) is 2.56. The lowest BCUT2D eigenvalue weighted by molar-refractivity contribution is -0.0959. The van der Waals surface area contributed by atoms with E-state index in [1.54, 1.807) is 0 Å². The summed E-state index contributed by atoms with van der Waals surface area (Å²) in [6.45, 7) is 2.84. The van der Waals surface area contributed by atoms with Crippen LogP contribution in [0.25, 0.3) is 0 Å². The first-order valence-corrected chi connectivity index (χ1v) is 4.78. The molecule has 2 rings (SSSR count). The summed E-state index contributed by atoms with van der Waals surface area (Å²) < 4.78 is 11.2. The molecule has 1 saturated heterocycles. The van der Waals surface area contributed by atoms with Crippen LogP contribution in [0, 0.1) is 5.92 Å². The molecule has 0 aromatic rings. The lowest BCUT2D eigenvalue weighted by Gasteiger charge is -2.22. The molecule has 0 bridgehead atoms. The van der Waals surface area contributed by atoms with Crippen molar-refractivity contribution in [2.45, 2.75) is 38.6 Å². The van der Waals surface area contributed by atoms with Gasteiger partial charge in [-0.3, -0.25) is 0 Å². The molecule has 0 aromatic carbocycles. The fourth-order valence-corrected chi connectivity index (χ4v) is 1.85. The molecule has 2 aliphatic rings. The van der Waals surface area contributed by atoms with Gasteiger partial charge in [-0.2, -0.15) is 0 Å². The van der Waals surface area contributed by atoms with Gasteiger partial charge in [-0.05, 0) is 26.2 Å². The zero-order valence-electron chi connectivity index (χ0n) is 7.53. The van der Waals surface area contributed by atoms with Crippen LogP contribution in [-0.2, 0) is 9.47 Å². The SMILES string of the molecule is C[C@@H]1CO[C@@H]([C@H]2CC=CCC2)O1. The molecule has 1 heterocycles. The van der Waals surface area contributed by atoms with Gasteiger partial charge in [0, 0.05) is 5.92 Å². The van der Waals surface area contributed by atoms with Crippen LogP contribution >= 0.6 is 0 Å². The van der Waals surface area contributed by atoms with E-state index in [2.05, 4.69) is 19.1 Å². The second kappa shape index (κ2) is 3.58. The molecule has 1 fully saturated rings. The smallest absolute Gasteiger partial charge is 0.161 e. The van der Waals surface area contributed by atoms with E-state index < -0.39 is 0 Å². The Hall–Kier alpha value is -0.340. The first-order chi connectivity index (χ1) is 5.86. The lowest BCUT2D eigenvalue weighted by atomic mass is 9.94. The Labute approximate surface area is 73.5 Å². The van der Waals surface area contributed by atoms with Crippen molar-refractivity contribution in [3.8, 4) is 0 Å². The van der Waals surface area contributed by atoms with Gasteiger partial charge < -0.3 is 9.47 Å². The van der Waals surface area contributed by atoms with Gasteiger partial charge in [-0.15, -0.1) is 0 Å². The van der Waals surface area contributed by atoms with E-state index in [1.807, 2.05) is 0 Å². The average molecular weight is 168 g/mol.